The number of nitrogens with one attached hydrogen (secondary N) is 1. The Hall–Kier alpha value is -1.96. The van der Waals surface area contributed by atoms with Crippen LogP contribution in [0.4, 0.5) is 17.5 Å². The van der Waals surface area contributed by atoms with Gasteiger partial charge >= 0.3 is 5.69 Å². The van der Waals surface area contributed by atoms with Crippen molar-refractivity contribution < 1.29 is 4.92 Å². The minimum Gasteiger partial charge on any atom is -0.348 e. The summed E-state index contributed by atoms with van der Waals surface area (Å²) in [6.45, 7) is 6.37. The zero-order valence-corrected chi connectivity index (χ0v) is 12.0. The molecule has 0 unspecified atom stereocenters. The standard InChI is InChI=1S/C12H20N6O2/c1-7(2)17(6-9-4-5-9)11-10(18(19)20)8(3)14-12(15-11)16-13/h7,9H,4-6,13H2,1-3H3,(H,14,15,16). The summed E-state index contributed by atoms with van der Waals surface area (Å²) in [5, 5.41) is 11.3. The molecule has 2 rings (SSSR count). The van der Waals surface area contributed by atoms with Gasteiger partial charge < -0.3 is 4.90 Å². The third-order valence-electron chi connectivity index (χ3n) is 3.40. The summed E-state index contributed by atoms with van der Waals surface area (Å²) < 4.78 is 0. The first-order chi connectivity index (χ1) is 9.43. The van der Waals surface area contributed by atoms with Crippen molar-refractivity contribution in [1.29, 1.82) is 0 Å². The van der Waals surface area contributed by atoms with E-state index < -0.39 is 4.92 Å². The average Bonchev–Trinajstić information content (AvgIpc) is 3.17. The monoisotopic (exact) mass is 280 g/mol. The van der Waals surface area contributed by atoms with E-state index >= 15 is 0 Å². The number of nitrogens with zero attached hydrogens (tertiary/aromatic N) is 4. The molecule has 0 bridgehead atoms. The van der Waals surface area contributed by atoms with E-state index in [4.69, 9.17) is 5.84 Å². The normalized spacial score (nSPS) is 14.4. The number of nitro groups is 1. The molecule has 8 nitrogen and oxygen atoms in total. The van der Waals surface area contributed by atoms with Crippen molar-refractivity contribution in [2.45, 2.75) is 39.7 Å². The third-order valence-corrected chi connectivity index (χ3v) is 3.40. The lowest BCUT2D eigenvalue weighted by Crippen LogP contribution is -2.34. The first kappa shape index (κ1) is 14.4. The molecule has 1 fully saturated rings. The Morgan fingerprint density at radius 2 is 2.15 bits per heavy atom. The largest absolute Gasteiger partial charge is 0.348 e. The predicted octanol–water partition coefficient (Wildman–Crippen LogP) is 1.60. The van der Waals surface area contributed by atoms with Crippen LogP contribution in [-0.2, 0) is 0 Å². The number of hydrazine groups is 1. The molecule has 1 aromatic rings. The molecule has 0 aromatic carbocycles. The molecule has 1 aromatic heterocycles. The Bertz CT molecular complexity index is 515. The lowest BCUT2D eigenvalue weighted by molar-refractivity contribution is -0.385. The maximum Gasteiger partial charge on any atom is 0.332 e. The Labute approximate surface area is 117 Å². The van der Waals surface area contributed by atoms with Gasteiger partial charge in [0.1, 0.15) is 5.69 Å². The smallest absolute Gasteiger partial charge is 0.332 e. The number of anilines is 2. The van der Waals surface area contributed by atoms with E-state index in [-0.39, 0.29) is 17.7 Å². The number of nitrogen functional groups attached to an aromatic ring is 1. The van der Waals surface area contributed by atoms with Crippen LogP contribution in [0.5, 0.6) is 0 Å². The quantitative estimate of drug-likeness (QED) is 0.462. The van der Waals surface area contributed by atoms with Crippen molar-refractivity contribution >= 4 is 17.5 Å². The van der Waals surface area contributed by atoms with E-state index in [1.165, 1.54) is 12.8 Å². The fourth-order valence-corrected chi connectivity index (χ4v) is 2.15. The average molecular weight is 280 g/mol. The predicted molar refractivity (Wildman–Crippen MR) is 76.4 cm³/mol. The van der Waals surface area contributed by atoms with Gasteiger partial charge in [-0.05, 0) is 39.5 Å². The fraction of sp³-hybridized carbons (Fsp3) is 0.667. The molecular weight excluding hydrogens is 260 g/mol. The molecule has 1 aliphatic rings. The van der Waals surface area contributed by atoms with Gasteiger partial charge in [0.2, 0.25) is 11.8 Å². The number of aryl methyl sites for hydroxylation is 1. The number of hydrogen-bond acceptors (Lipinski definition) is 7. The number of hydrogen-bond donors (Lipinski definition) is 2. The SMILES string of the molecule is Cc1nc(NN)nc(N(CC2CC2)C(C)C)c1[N+](=O)[O-]. The maximum atomic E-state index is 11.3. The highest BCUT2D eigenvalue weighted by molar-refractivity contribution is 5.62. The van der Waals surface area contributed by atoms with Crippen LogP contribution in [0.1, 0.15) is 32.4 Å². The number of aromatic nitrogens is 2. The summed E-state index contributed by atoms with van der Waals surface area (Å²) in [4.78, 5) is 21.1. The highest BCUT2D eigenvalue weighted by Gasteiger charge is 2.32. The minimum absolute atomic E-state index is 0.0432. The first-order valence-electron chi connectivity index (χ1n) is 6.70. The topological polar surface area (TPSA) is 110 Å². The van der Waals surface area contributed by atoms with Gasteiger partial charge in [0.05, 0.1) is 4.92 Å². The Morgan fingerprint density at radius 3 is 2.60 bits per heavy atom. The van der Waals surface area contributed by atoms with E-state index in [2.05, 4.69) is 15.4 Å². The van der Waals surface area contributed by atoms with Crippen molar-refractivity contribution in [1.82, 2.24) is 9.97 Å². The molecule has 8 heteroatoms. The molecule has 1 heterocycles. The summed E-state index contributed by atoms with van der Waals surface area (Å²) in [5.41, 5.74) is 2.64. The van der Waals surface area contributed by atoms with Gasteiger partial charge in [-0.25, -0.2) is 10.8 Å². The molecule has 0 aliphatic heterocycles. The number of nitrogens with two attached hydrogens (primary N) is 1. The molecule has 3 N–H and O–H groups in total. The van der Waals surface area contributed by atoms with Crippen LogP contribution in [0.15, 0.2) is 0 Å². The highest BCUT2D eigenvalue weighted by Crippen LogP contribution is 2.36. The van der Waals surface area contributed by atoms with Crippen molar-refractivity contribution in [3.63, 3.8) is 0 Å². The van der Waals surface area contributed by atoms with Crippen LogP contribution in [0.25, 0.3) is 0 Å². The van der Waals surface area contributed by atoms with Gasteiger partial charge in [-0.1, -0.05) is 0 Å². The molecule has 0 spiro atoms. The molecular formula is C12H20N6O2. The molecule has 0 saturated heterocycles. The van der Waals surface area contributed by atoms with Gasteiger partial charge in [-0.2, -0.15) is 4.98 Å². The Kier molecular flexibility index (Phi) is 4.03. The molecule has 0 radical (unpaired) electrons. The lowest BCUT2D eigenvalue weighted by atomic mass is 10.2. The van der Waals surface area contributed by atoms with Gasteiger partial charge in [0.25, 0.3) is 0 Å². The molecule has 0 amide bonds. The van der Waals surface area contributed by atoms with E-state index in [1.54, 1.807) is 6.92 Å². The Balaban J connectivity index is 2.49. The zero-order valence-electron chi connectivity index (χ0n) is 12.0. The number of rotatable bonds is 6. The van der Waals surface area contributed by atoms with Crippen LogP contribution in [-0.4, -0.2) is 27.5 Å². The molecule has 0 atom stereocenters. The van der Waals surface area contributed by atoms with Gasteiger partial charge in [-0.3, -0.25) is 15.5 Å². The van der Waals surface area contributed by atoms with Crippen LogP contribution < -0.4 is 16.2 Å². The maximum absolute atomic E-state index is 11.3. The van der Waals surface area contributed by atoms with Crippen molar-refractivity contribution in [3.05, 3.63) is 15.8 Å². The highest BCUT2D eigenvalue weighted by atomic mass is 16.6. The van der Waals surface area contributed by atoms with E-state index in [9.17, 15) is 10.1 Å². The van der Waals surface area contributed by atoms with Gasteiger partial charge in [-0.15, -0.1) is 0 Å². The first-order valence-corrected chi connectivity index (χ1v) is 6.70. The van der Waals surface area contributed by atoms with E-state index in [0.29, 0.717) is 17.4 Å². The lowest BCUT2D eigenvalue weighted by Gasteiger charge is -2.28. The third kappa shape index (κ3) is 2.96. The fourth-order valence-electron chi connectivity index (χ4n) is 2.15. The minimum atomic E-state index is -0.423. The van der Waals surface area contributed by atoms with Crippen molar-refractivity contribution in [2.75, 3.05) is 16.9 Å². The molecule has 20 heavy (non-hydrogen) atoms. The van der Waals surface area contributed by atoms with Crippen LogP contribution in [0.2, 0.25) is 0 Å². The summed E-state index contributed by atoms with van der Waals surface area (Å²) in [7, 11) is 0. The summed E-state index contributed by atoms with van der Waals surface area (Å²) >= 11 is 0. The van der Waals surface area contributed by atoms with Crippen molar-refractivity contribution in [3.8, 4) is 0 Å². The molecule has 110 valence electrons. The van der Waals surface area contributed by atoms with Crippen LogP contribution >= 0.6 is 0 Å². The van der Waals surface area contributed by atoms with Crippen LogP contribution in [0, 0.1) is 23.0 Å². The second-order valence-electron chi connectivity index (χ2n) is 5.40. The zero-order chi connectivity index (χ0) is 14.9. The molecule has 1 aliphatic carbocycles. The van der Waals surface area contributed by atoms with Crippen molar-refractivity contribution in [2.24, 2.45) is 11.8 Å². The van der Waals surface area contributed by atoms with Gasteiger partial charge in [0.15, 0.2) is 0 Å². The summed E-state index contributed by atoms with van der Waals surface area (Å²) in [6, 6.07) is 0.120. The van der Waals surface area contributed by atoms with E-state index in [1.807, 2.05) is 18.7 Å². The Morgan fingerprint density at radius 1 is 1.50 bits per heavy atom. The van der Waals surface area contributed by atoms with Gasteiger partial charge in [0, 0.05) is 12.6 Å². The summed E-state index contributed by atoms with van der Waals surface area (Å²) in [6.07, 6.45) is 2.34. The summed E-state index contributed by atoms with van der Waals surface area (Å²) in [5.74, 6) is 6.48. The second kappa shape index (κ2) is 5.58. The van der Waals surface area contributed by atoms with E-state index in [0.717, 1.165) is 6.54 Å². The second-order valence-corrected chi connectivity index (χ2v) is 5.40. The molecule has 1 saturated carbocycles. The van der Waals surface area contributed by atoms with Crippen LogP contribution in [0.3, 0.4) is 0 Å².